The number of alkyl halides is 1. The average molecular weight is 326 g/mol. The summed E-state index contributed by atoms with van der Waals surface area (Å²) >= 11 is 18.7. The van der Waals surface area contributed by atoms with Crippen molar-refractivity contribution in [3.63, 3.8) is 0 Å². The fourth-order valence-corrected chi connectivity index (χ4v) is 3.11. The molecule has 0 saturated heterocycles. The zero-order valence-corrected chi connectivity index (χ0v) is 13.0. The van der Waals surface area contributed by atoms with Crippen LogP contribution < -0.4 is 0 Å². The Hall–Kier alpha value is -1.22. The zero-order valence-electron chi connectivity index (χ0n) is 10.7. The van der Waals surface area contributed by atoms with Gasteiger partial charge in [-0.25, -0.2) is 4.98 Å². The fourth-order valence-electron chi connectivity index (χ4n) is 2.37. The molecule has 0 N–H and O–H groups in total. The molecule has 0 amide bonds. The lowest BCUT2D eigenvalue weighted by Gasteiger charge is -2.13. The maximum absolute atomic E-state index is 6.37. The van der Waals surface area contributed by atoms with Gasteiger partial charge in [-0.1, -0.05) is 41.4 Å². The van der Waals surface area contributed by atoms with E-state index in [2.05, 4.69) is 4.98 Å². The summed E-state index contributed by atoms with van der Waals surface area (Å²) in [7, 11) is 0. The van der Waals surface area contributed by atoms with E-state index in [1.807, 2.05) is 47.9 Å². The van der Waals surface area contributed by atoms with Crippen LogP contribution in [0, 0.1) is 6.92 Å². The van der Waals surface area contributed by atoms with Crippen molar-refractivity contribution in [2.45, 2.75) is 12.8 Å². The first-order chi connectivity index (χ1) is 9.63. The number of hydrogen-bond acceptors (Lipinski definition) is 1. The normalized spacial score (nSPS) is 11.2. The Labute approximate surface area is 131 Å². The first-order valence-electron chi connectivity index (χ1n) is 6.10. The standard InChI is InChI=1S/C15H11Cl3N2/c1-9-4-2-5-10(17)14(9)20-13(8-16)19-12-7-3-6-11(18)15(12)20/h2-7H,8H2,1H3. The maximum Gasteiger partial charge on any atom is 0.129 e. The summed E-state index contributed by atoms with van der Waals surface area (Å²) in [6, 6.07) is 11.4. The minimum atomic E-state index is 0.287. The highest BCUT2D eigenvalue weighted by atomic mass is 35.5. The molecule has 2 aromatic carbocycles. The molecule has 0 saturated carbocycles. The molecule has 5 heteroatoms. The minimum absolute atomic E-state index is 0.287. The number of halogens is 3. The van der Waals surface area contributed by atoms with Gasteiger partial charge in [0.1, 0.15) is 5.82 Å². The van der Waals surface area contributed by atoms with Crippen molar-refractivity contribution in [1.82, 2.24) is 9.55 Å². The van der Waals surface area contributed by atoms with Gasteiger partial charge in [0, 0.05) is 0 Å². The van der Waals surface area contributed by atoms with E-state index in [0.717, 1.165) is 28.1 Å². The van der Waals surface area contributed by atoms with Crippen LogP contribution in [0.3, 0.4) is 0 Å². The Morgan fingerprint density at radius 2 is 1.75 bits per heavy atom. The predicted molar refractivity (Wildman–Crippen MR) is 85.4 cm³/mol. The molecule has 0 atom stereocenters. The van der Waals surface area contributed by atoms with Gasteiger partial charge < -0.3 is 0 Å². The lowest BCUT2D eigenvalue weighted by Crippen LogP contribution is -2.02. The van der Waals surface area contributed by atoms with Gasteiger partial charge in [0.05, 0.1) is 32.6 Å². The summed E-state index contributed by atoms with van der Waals surface area (Å²) < 4.78 is 1.95. The van der Waals surface area contributed by atoms with Crippen molar-refractivity contribution >= 4 is 45.8 Å². The quantitative estimate of drug-likeness (QED) is 0.578. The number of aromatic nitrogens is 2. The highest BCUT2D eigenvalue weighted by Crippen LogP contribution is 2.33. The summed E-state index contributed by atoms with van der Waals surface area (Å²) in [6.07, 6.45) is 0. The topological polar surface area (TPSA) is 17.8 Å². The van der Waals surface area contributed by atoms with E-state index in [-0.39, 0.29) is 5.88 Å². The Morgan fingerprint density at radius 1 is 1.05 bits per heavy atom. The van der Waals surface area contributed by atoms with Gasteiger partial charge in [0.2, 0.25) is 0 Å². The molecular weight excluding hydrogens is 315 g/mol. The number of imidazole rings is 1. The lowest BCUT2D eigenvalue weighted by atomic mass is 10.2. The molecule has 0 fully saturated rings. The van der Waals surface area contributed by atoms with Gasteiger partial charge in [-0.15, -0.1) is 11.6 Å². The Morgan fingerprint density at radius 3 is 2.45 bits per heavy atom. The molecule has 1 heterocycles. The van der Waals surface area contributed by atoms with Crippen LogP contribution in [-0.2, 0) is 5.88 Å². The number of aryl methyl sites for hydroxylation is 1. The maximum atomic E-state index is 6.37. The van der Waals surface area contributed by atoms with Crippen molar-refractivity contribution in [3.05, 3.63) is 57.8 Å². The van der Waals surface area contributed by atoms with Crippen LogP contribution in [0.2, 0.25) is 10.0 Å². The summed E-state index contributed by atoms with van der Waals surface area (Å²) in [6.45, 7) is 2.00. The zero-order chi connectivity index (χ0) is 14.3. The molecule has 20 heavy (non-hydrogen) atoms. The van der Waals surface area contributed by atoms with E-state index < -0.39 is 0 Å². The summed E-state index contributed by atoms with van der Waals surface area (Å²) in [5, 5.41) is 1.28. The van der Waals surface area contributed by atoms with E-state index >= 15 is 0 Å². The molecule has 3 aromatic rings. The SMILES string of the molecule is Cc1cccc(Cl)c1-n1c(CCl)nc2cccc(Cl)c21. The van der Waals surface area contributed by atoms with E-state index in [0.29, 0.717) is 10.0 Å². The van der Waals surface area contributed by atoms with E-state index in [1.54, 1.807) is 0 Å². The Balaban J connectivity index is 2.46. The second kappa shape index (κ2) is 5.28. The highest BCUT2D eigenvalue weighted by Gasteiger charge is 2.17. The van der Waals surface area contributed by atoms with Crippen LogP contribution in [0.25, 0.3) is 16.7 Å². The summed E-state index contributed by atoms with van der Waals surface area (Å²) in [4.78, 5) is 4.54. The van der Waals surface area contributed by atoms with Crippen molar-refractivity contribution in [2.24, 2.45) is 0 Å². The van der Waals surface area contributed by atoms with E-state index in [1.165, 1.54) is 0 Å². The number of nitrogens with zero attached hydrogens (tertiary/aromatic N) is 2. The van der Waals surface area contributed by atoms with Crippen molar-refractivity contribution in [3.8, 4) is 5.69 Å². The third-order valence-corrected chi connectivity index (χ3v) is 4.08. The number of fused-ring (bicyclic) bond motifs is 1. The molecule has 3 rings (SSSR count). The van der Waals surface area contributed by atoms with Gasteiger partial charge >= 0.3 is 0 Å². The first kappa shape index (κ1) is 13.7. The molecule has 0 unspecified atom stereocenters. The Bertz CT molecular complexity index is 773. The molecule has 0 aliphatic rings. The largest absolute Gasteiger partial charge is 0.292 e. The Kier molecular flexibility index (Phi) is 3.63. The number of benzene rings is 2. The van der Waals surface area contributed by atoms with Crippen molar-refractivity contribution < 1.29 is 0 Å². The second-order valence-corrected chi connectivity index (χ2v) is 5.59. The fraction of sp³-hybridized carbons (Fsp3) is 0.133. The van der Waals surface area contributed by atoms with Crippen LogP contribution in [0.15, 0.2) is 36.4 Å². The van der Waals surface area contributed by atoms with E-state index in [9.17, 15) is 0 Å². The first-order valence-corrected chi connectivity index (χ1v) is 7.40. The number of rotatable bonds is 2. The smallest absolute Gasteiger partial charge is 0.129 e. The van der Waals surface area contributed by atoms with Crippen LogP contribution in [0.4, 0.5) is 0 Å². The van der Waals surface area contributed by atoms with E-state index in [4.69, 9.17) is 34.8 Å². The summed E-state index contributed by atoms with van der Waals surface area (Å²) in [5.74, 6) is 1.02. The third kappa shape index (κ3) is 2.08. The third-order valence-electron chi connectivity index (χ3n) is 3.23. The van der Waals surface area contributed by atoms with Crippen LogP contribution in [0.1, 0.15) is 11.4 Å². The second-order valence-electron chi connectivity index (χ2n) is 4.51. The molecule has 0 radical (unpaired) electrons. The van der Waals surface area contributed by atoms with Gasteiger partial charge in [-0.3, -0.25) is 4.57 Å². The van der Waals surface area contributed by atoms with Gasteiger partial charge in [-0.05, 0) is 30.7 Å². The highest BCUT2D eigenvalue weighted by molar-refractivity contribution is 6.35. The molecule has 2 nitrogen and oxygen atoms in total. The van der Waals surface area contributed by atoms with Crippen molar-refractivity contribution in [2.75, 3.05) is 0 Å². The van der Waals surface area contributed by atoms with Crippen LogP contribution >= 0.6 is 34.8 Å². The molecule has 0 aliphatic heterocycles. The van der Waals surface area contributed by atoms with Gasteiger partial charge in [0.25, 0.3) is 0 Å². The lowest BCUT2D eigenvalue weighted by molar-refractivity contribution is 0.972. The molecule has 0 spiro atoms. The number of hydrogen-bond donors (Lipinski definition) is 0. The predicted octanol–water partition coefficient (Wildman–Crippen LogP) is 5.38. The van der Waals surface area contributed by atoms with Crippen LogP contribution in [-0.4, -0.2) is 9.55 Å². The van der Waals surface area contributed by atoms with Crippen molar-refractivity contribution in [1.29, 1.82) is 0 Å². The molecular formula is C15H11Cl3N2. The molecule has 102 valence electrons. The van der Waals surface area contributed by atoms with Gasteiger partial charge in [-0.2, -0.15) is 0 Å². The summed E-state index contributed by atoms with van der Waals surface area (Å²) in [5.41, 5.74) is 3.57. The molecule has 1 aromatic heterocycles. The monoisotopic (exact) mass is 324 g/mol. The van der Waals surface area contributed by atoms with Gasteiger partial charge in [0.15, 0.2) is 0 Å². The van der Waals surface area contributed by atoms with Crippen LogP contribution in [0.5, 0.6) is 0 Å². The molecule has 0 bridgehead atoms. The molecule has 0 aliphatic carbocycles. The number of para-hydroxylation sites is 2. The average Bonchev–Trinajstić information content (AvgIpc) is 2.79. The minimum Gasteiger partial charge on any atom is -0.292 e.